The van der Waals surface area contributed by atoms with Gasteiger partial charge in [-0.05, 0) is 25.2 Å². The van der Waals surface area contributed by atoms with Gasteiger partial charge in [0.05, 0.1) is 16.9 Å². The SMILES string of the molecule is O=C(O)C1(CC2CCC2)CCS(=O)(=O)CC1. The van der Waals surface area contributed by atoms with Crippen LogP contribution in [0.25, 0.3) is 0 Å². The van der Waals surface area contributed by atoms with Crippen LogP contribution in [-0.4, -0.2) is 31.0 Å². The molecule has 16 heavy (non-hydrogen) atoms. The van der Waals surface area contributed by atoms with E-state index in [1.54, 1.807) is 0 Å². The summed E-state index contributed by atoms with van der Waals surface area (Å²) in [6.45, 7) is 0. The summed E-state index contributed by atoms with van der Waals surface area (Å²) < 4.78 is 22.7. The molecule has 0 unspecified atom stereocenters. The topological polar surface area (TPSA) is 71.4 Å². The van der Waals surface area contributed by atoms with E-state index in [1.165, 1.54) is 6.42 Å². The molecule has 5 heteroatoms. The van der Waals surface area contributed by atoms with Crippen LogP contribution in [0.5, 0.6) is 0 Å². The molecule has 0 spiro atoms. The van der Waals surface area contributed by atoms with Crippen molar-refractivity contribution in [3.05, 3.63) is 0 Å². The van der Waals surface area contributed by atoms with Gasteiger partial charge in [0.1, 0.15) is 9.84 Å². The van der Waals surface area contributed by atoms with Crippen molar-refractivity contribution < 1.29 is 18.3 Å². The van der Waals surface area contributed by atoms with Crippen LogP contribution < -0.4 is 0 Å². The maximum absolute atomic E-state index is 11.4. The van der Waals surface area contributed by atoms with Gasteiger partial charge in [0.15, 0.2) is 0 Å². The summed E-state index contributed by atoms with van der Waals surface area (Å²) in [6, 6.07) is 0. The van der Waals surface area contributed by atoms with Crippen LogP contribution in [0.2, 0.25) is 0 Å². The van der Waals surface area contributed by atoms with E-state index in [9.17, 15) is 18.3 Å². The van der Waals surface area contributed by atoms with Crippen molar-refractivity contribution in [2.45, 2.75) is 38.5 Å². The molecule has 0 bridgehead atoms. The molecule has 0 atom stereocenters. The van der Waals surface area contributed by atoms with Gasteiger partial charge in [0.25, 0.3) is 0 Å². The number of aliphatic carboxylic acids is 1. The fraction of sp³-hybridized carbons (Fsp3) is 0.909. The van der Waals surface area contributed by atoms with Gasteiger partial charge in [-0.2, -0.15) is 0 Å². The number of carboxylic acid groups (broad SMARTS) is 1. The number of sulfone groups is 1. The number of hydrogen-bond donors (Lipinski definition) is 1. The quantitative estimate of drug-likeness (QED) is 0.818. The molecular weight excluding hydrogens is 228 g/mol. The van der Waals surface area contributed by atoms with Crippen LogP contribution in [0.15, 0.2) is 0 Å². The monoisotopic (exact) mass is 246 g/mol. The fourth-order valence-electron chi connectivity index (χ4n) is 2.68. The van der Waals surface area contributed by atoms with Crippen LogP contribution in [-0.2, 0) is 14.6 Å². The highest BCUT2D eigenvalue weighted by molar-refractivity contribution is 7.91. The van der Waals surface area contributed by atoms with Crippen molar-refractivity contribution in [3.63, 3.8) is 0 Å². The molecule has 2 rings (SSSR count). The first kappa shape index (κ1) is 11.9. The Morgan fingerprint density at radius 2 is 1.81 bits per heavy atom. The summed E-state index contributed by atoms with van der Waals surface area (Å²) in [5, 5.41) is 9.33. The summed E-state index contributed by atoms with van der Waals surface area (Å²) in [4.78, 5) is 11.4. The third-order valence-corrected chi connectivity index (χ3v) is 5.79. The van der Waals surface area contributed by atoms with Crippen LogP contribution >= 0.6 is 0 Å². The molecule has 4 nitrogen and oxygen atoms in total. The normalized spacial score (nSPS) is 28.2. The van der Waals surface area contributed by atoms with Crippen LogP contribution in [0.3, 0.4) is 0 Å². The highest BCUT2D eigenvalue weighted by Crippen LogP contribution is 2.44. The summed E-state index contributed by atoms with van der Waals surface area (Å²) in [7, 11) is -2.98. The van der Waals surface area contributed by atoms with E-state index >= 15 is 0 Å². The summed E-state index contributed by atoms with van der Waals surface area (Å²) >= 11 is 0. The molecule has 1 saturated carbocycles. The summed E-state index contributed by atoms with van der Waals surface area (Å²) in [5.74, 6) is -0.191. The average molecular weight is 246 g/mol. The van der Waals surface area contributed by atoms with Crippen LogP contribution in [0, 0.1) is 11.3 Å². The number of hydrogen-bond acceptors (Lipinski definition) is 3. The second-order valence-electron chi connectivity index (χ2n) is 5.24. The van der Waals surface area contributed by atoms with Crippen molar-refractivity contribution in [1.82, 2.24) is 0 Å². The zero-order valence-electron chi connectivity index (χ0n) is 9.31. The van der Waals surface area contributed by atoms with E-state index in [2.05, 4.69) is 0 Å². The van der Waals surface area contributed by atoms with Crippen molar-refractivity contribution in [2.75, 3.05) is 11.5 Å². The smallest absolute Gasteiger partial charge is 0.309 e. The Balaban J connectivity index is 2.08. The zero-order chi connectivity index (χ0) is 11.8. The Labute approximate surface area is 96.0 Å². The van der Waals surface area contributed by atoms with Crippen molar-refractivity contribution in [1.29, 1.82) is 0 Å². The number of rotatable bonds is 3. The van der Waals surface area contributed by atoms with Gasteiger partial charge in [0.2, 0.25) is 0 Å². The first-order chi connectivity index (χ1) is 7.44. The zero-order valence-corrected chi connectivity index (χ0v) is 10.1. The second kappa shape index (κ2) is 4.02. The molecule has 1 saturated heterocycles. The molecule has 1 heterocycles. The standard InChI is InChI=1S/C11H18O4S/c12-10(13)11(8-9-2-1-3-9)4-6-16(14,15)7-5-11/h9H,1-8H2,(H,12,13). The highest BCUT2D eigenvalue weighted by atomic mass is 32.2. The third-order valence-electron chi connectivity index (χ3n) is 4.14. The first-order valence-corrected chi connectivity index (χ1v) is 7.70. The molecule has 1 aliphatic heterocycles. The van der Waals surface area contributed by atoms with Gasteiger partial charge in [-0.15, -0.1) is 0 Å². The molecule has 1 N–H and O–H groups in total. The molecule has 0 aromatic heterocycles. The van der Waals surface area contributed by atoms with Crippen molar-refractivity contribution in [2.24, 2.45) is 11.3 Å². The van der Waals surface area contributed by atoms with E-state index in [4.69, 9.17) is 0 Å². The van der Waals surface area contributed by atoms with E-state index < -0.39 is 21.2 Å². The molecule has 0 radical (unpaired) electrons. The van der Waals surface area contributed by atoms with E-state index in [1.807, 2.05) is 0 Å². The molecular formula is C11H18O4S. The maximum atomic E-state index is 11.4. The molecule has 0 aromatic rings. The van der Waals surface area contributed by atoms with Crippen LogP contribution in [0.4, 0.5) is 0 Å². The van der Waals surface area contributed by atoms with E-state index in [-0.39, 0.29) is 11.5 Å². The lowest BCUT2D eigenvalue weighted by atomic mass is 9.69. The predicted octanol–water partition coefficient (Wildman–Crippen LogP) is 1.46. The Bertz CT molecular complexity index is 367. The molecule has 0 amide bonds. The fourth-order valence-corrected chi connectivity index (χ4v) is 4.29. The Morgan fingerprint density at radius 3 is 2.19 bits per heavy atom. The van der Waals surface area contributed by atoms with Gasteiger partial charge in [0, 0.05) is 0 Å². The molecule has 92 valence electrons. The van der Waals surface area contributed by atoms with E-state index in [0.717, 1.165) is 12.8 Å². The largest absolute Gasteiger partial charge is 0.481 e. The molecule has 1 aliphatic carbocycles. The summed E-state index contributed by atoms with van der Waals surface area (Å²) in [5.41, 5.74) is -0.754. The Kier molecular flexibility index (Phi) is 2.99. The van der Waals surface area contributed by atoms with Gasteiger partial charge in [-0.1, -0.05) is 19.3 Å². The summed E-state index contributed by atoms with van der Waals surface area (Å²) in [6.07, 6.45) is 4.71. The molecule has 0 aromatic carbocycles. The third kappa shape index (κ3) is 2.24. The van der Waals surface area contributed by atoms with Gasteiger partial charge >= 0.3 is 5.97 Å². The van der Waals surface area contributed by atoms with Gasteiger partial charge in [-0.25, -0.2) is 8.42 Å². The number of carbonyl (C=O) groups is 1. The lowest BCUT2D eigenvalue weighted by Gasteiger charge is -2.38. The van der Waals surface area contributed by atoms with Gasteiger partial charge < -0.3 is 5.11 Å². The maximum Gasteiger partial charge on any atom is 0.309 e. The van der Waals surface area contributed by atoms with Crippen LogP contribution in [0.1, 0.15) is 38.5 Å². The Morgan fingerprint density at radius 1 is 1.25 bits per heavy atom. The second-order valence-corrected chi connectivity index (χ2v) is 7.54. The lowest BCUT2D eigenvalue weighted by molar-refractivity contribution is -0.151. The predicted molar refractivity (Wildman–Crippen MR) is 59.9 cm³/mol. The minimum atomic E-state index is -2.98. The molecule has 2 fully saturated rings. The van der Waals surface area contributed by atoms with Crippen molar-refractivity contribution in [3.8, 4) is 0 Å². The average Bonchev–Trinajstić information content (AvgIpc) is 2.14. The lowest BCUT2D eigenvalue weighted by Crippen LogP contribution is -2.42. The minimum absolute atomic E-state index is 0.0476. The Hall–Kier alpha value is -0.580. The van der Waals surface area contributed by atoms with Gasteiger partial charge in [-0.3, -0.25) is 4.79 Å². The minimum Gasteiger partial charge on any atom is -0.481 e. The first-order valence-electron chi connectivity index (χ1n) is 5.87. The number of carboxylic acids is 1. The molecule has 2 aliphatic rings. The van der Waals surface area contributed by atoms with E-state index in [0.29, 0.717) is 25.2 Å². The van der Waals surface area contributed by atoms with Crippen molar-refractivity contribution >= 4 is 15.8 Å². The highest BCUT2D eigenvalue weighted by Gasteiger charge is 2.45.